The summed E-state index contributed by atoms with van der Waals surface area (Å²) in [7, 11) is 0. The Hall–Kier alpha value is -4.20. The average molecular weight is 532 g/mol. The molecular weight excluding hydrogens is 506 g/mol. The molecule has 3 N–H and O–H groups in total. The number of thiophene rings is 1. The molecule has 0 bridgehead atoms. The maximum Gasteiger partial charge on any atom is 0.277 e. The second kappa shape index (κ2) is 10.3. The van der Waals surface area contributed by atoms with Crippen LogP contribution in [-0.2, 0) is 11.3 Å². The molecule has 4 aromatic heterocycles. The van der Waals surface area contributed by atoms with Gasteiger partial charge in [0.1, 0.15) is 0 Å². The molecular formula is C25H25N9O3S. The monoisotopic (exact) mass is 531 g/mol. The first-order valence-corrected chi connectivity index (χ1v) is 13.0. The van der Waals surface area contributed by atoms with E-state index in [2.05, 4.69) is 31.1 Å². The van der Waals surface area contributed by atoms with Gasteiger partial charge in [-0.05, 0) is 19.1 Å². The number of H-pyrrole nitrogens is 1. The molecule has 0 aliphatic carbocycles. The van der Waals surface area contributed by atoms with Gasteiger partial charge in [-0.15, -0.1) is 11.3 Å². The lowest BCUT2D eigenvalue weighted by Gasteiger charge is -2.28. The Kier molecular flexibility index (Phi) is 6.54. The Morgan fingerprint density at radius 3 is 2.79 bits per heavy atom. The molecule has 1 aliphatic heterocycles. The van der Waals surface area contributed by atoms with Crippen molar-refractivity contribution in [3.63, 3.8) is 0 Å². The highest BCUT2D eigenvalue weighted by Gasteiger charge is 2.22. The Bertz CT molecular complexity index is 1600. The lowest BCUT2D eigenvalue weighted by molar-refractivity contribution is 0.0705. The molecule has 38 heavy (non-hydrogen) atoms. The molecule has 12 nitrogen and oxygen atoms in total. The van der Waals surface area contributed by atoms with Gasteiger partial charge in [0, 0.05) is 47.9 Å². The van der Waals surface area contributed by atoms with Crippen LogP contribution in [0, 0.1) is 0 Å². The molecule has 1 aliphatic rings. The van der Waals surface area contributed by atoms with Crippen molar-refractivity contribution in [3.05, 3.63) is 53.3 Å². The molecule has 0 radical (unpaired) electrons. The van der Waals surface area contributed by atoms with Crippen LogP contribution in [0.4, 0.5) is 11.8 Å². The van der Waals surface area contributed by atoms with Crippen LogP contribution in [0.25, 0.3) is 32.5 Å². The number of anilines is 2. The third kappa shape index (κ3) is 4.51. The fraction of sp³-hybridized carbons (Fsp3) is 0.280. The number of nitrogens with one attached hydrogen (secondary N) is 2. The van der Waals surface area contributed by atoms with Crippen LogP contribution in [-0.4, -0.2) is 74.1 Å². The number of nitrogens with zero attached hydrogens (tertiary/aromatic N) is 7. The van der Waals surface area contributed by atoms with E-state index in [9.17, 15) is 4.79 Å². The number of hydrogen-bond acceptors (Lipinski definition) is 11. The van der Waals surface area contributed by atoms with Crippen LogP contribution in [0.15, 0.2) is 42.9 Å². The summed E-state index contributed by atoms with van der Waals surface area (Å²) in [6.07, 6.45) is 4.60. The van der Waals surface area contributed by atoms with Gasteiger partial charge >= 0.3 is 0 Å². The zero-order valence-electron chi connectivity index (χ0n) is 20.6. The van der Waals surface area contributed by atoms with E-state index in [1.807, 2.05) is 30.0 Å². The molecule has 1 fully saturated rings. The van der Waals surface area contributed by atoms with Gasteiger partial charge in [0.25, 0.3) is 5.91 Å². The number of aromatic amines is 1. The van der Waals surface area contributed by atoms with E-state index in [0.29, 0.717) is 38.1 Å². The van der Waals surface area contributed by atoms with Crippen molar-refractivity contribution in [2.45, 2.75) is 13.5 Å². The van der Waals surface area contributed by atoms with E-state index in [1.54, 1.807) is 23.0 Å². The third-order valence-corrected chi connectivity index (χ3v) is 7.56. The van der Waals surface area contributed by atoms with Gasteiger partial charge in [0.2, 0.25) is 5.95 Å². The Labute approximate surface area is 221 Å². The second-order valence-corrected chi connectivity index (χ2v) is 9.90. The Balaban J connectivity index is 1.39. The van der Waals surface area contributed by atoms with E-state index in [4.69, 9.17) is 19.9 Å². The highest BCUT2D eigenvalue weighted by atomic mass is 32.1. The number of morpholine rings is 1. The summed E-state index contributed by atoms with van der Waals surface area (Å²) in [6, 6.07) is 8.08. The van der Waals surface area contributed by atoms with Crippen molar-refractivity contribution in [2.24, 2.45) is 0 Å². The summed E-state index contributed by atoms with van der Waals surface area (Å²) < 4.78 is 6.62. The molecule has 0 saturated carbocycles. The van der Waals surface area contributed by atoms with Crippen LogP contribution >= 0.6 is 11.3 Å². The van der Waals surface area contributed by atoms with Crippen LogP contribution in [0.5, 0.6) is 0 Å². The fourth-order valence-electron chi connectivity index (χ4n) is 4.49. The minimum atomic E-state index is -0.653. The first-order chi connectivity index (χ1) is 18.6. The van der Waals surface area contributed by atoms with Gasteiger partial charge in [0.15, 0.2) is 11.6 Å². The van der Waals surface area contributed by atoms with E-state index in [1.165, 1.54) is 12.4 Å². The van der Waals surface area contributed by atoms with Gasteiger partial charge in [0.05, 0.1) is 47.3 Å². The normalized spacial score (nSPS) is 13.8. The standard InChI is InChI=1S/C25H25N9O3S/c1-2-33(25-26-11-15(12-27-25)24(35)32-36)14-16-10-20-21(38-16)23(34-6-8-37-9-7-34)30-22(29-20)17-4-3-5-19-18(17)13-28-31-19/h3-5,10-13,36H,2,6-9,14H2,1H3,(H,28,31)(H,32,35). The van der Waals surface area contributed by atoms with Crippen molar-refractivity contribution in [2.75, 3.05) is 42.6 Å². The lowest BCUT2D eigenvalue weighted by Crippen LogP contribution is -2.36. The number of aromatic nitrogens is 6. The average Bonchev–Trinajstić information content (AvgIpc) is 3.62. The quantitative estimate of drug-likeness (QED) is 0.212. The Morgan fingerprint density at radius 2 is 2.03 bits per heavy atom. The number of rotatable bonds is 7. The topological polar surface area (TPSA) is 145 Å². The van der Waals surface area contributed by atoms with Crippen LogP contribution in [0.2, 0.25) is 0 Å². The molecule has 5 aromatic rings. The van der Waals surface area contributed by atoms with E-state index in [0.717, 1.165) is 50.5 Å². The molecule has 0 atom stereocenters. The summed E-state index contributed by atoms with van der Waals surface area (Å²) in [5.41, 5.74) is 4.52. The molecule has 5 heterocycles. The molecule has 13 heteroatoms. The summed E-state index contributed by atoms with van der Waals surface area (Å²) >= 11 is 1.66. The lowest BCUT2D eigenvalue weighted by atomic mass is 10.1. The van der Waals surface area contributed by atoms with E-state index >= 15 is 0 Å². The molecule has 1 aromatic carbocycles. The predicted octanol–water partition coefficient (Wildman–Crippen LogP) is 3.01. The van der Waals surface area contributed by atoms with Crippen LogP contribution < -0.4 is 15.3 Å². The number of ether oxygens (including phenoxy) is 1. The smallest absolute Gasteiger partial charge is 0.277 e. The largest absolute Gasteiger partial charge is 0.378 e. The Morgan fingerprint density at radius 1 is 1.21 bits per heavy atom. The minimum Gasteiger partial charge on any atom is -0.378 e. The van der Waals surface area contributed by atoms with Gasteiger partial charge < -0.3 is 14.5 Å². The van der Waals surface area contributed by atoms with Gasteiger partial charge in [-0.1, -0.05) is 12.1 Å². The van der Waals surface area contributed by atoms with Crippen molar-refractivity contribution < 1.29 is 14.7 Å². The zero-order valence-corrected chi connectivity index (χ0v) is 21.4. The SMILES string of the molecule is CCN(Cc1cc2nc(-c3cccc4[nH]ncc34)nc(N3CCOCC3)c2s1)c1ncc(C(=O)NO)cn1. The number of carbonyl (C=O) groups excluding carboxylic acids is 1. The van der Waals surface area contributed by atoms with E-state index < -0.39 is 5.91 Å². The number of hydrogen-bond donors (Lipinski definition) is 3. The van der Waals surface area contributed by atoms with Crippen molar-refractivity contribution in [3.8, 4) is 11.4 Å². The maximum atomic E-state index is 11.6. The first-order valence-electron chi connectivity index (χ1n) is 12.2. The fourth-order valence-corrected chi connectivity index (χ4v) is 5.62. The minimum absolute atomic E-state index is 0.180. The summed E-state index contributed by atoms with van der Waals surface area (Å²) in [6.45, 7) is 6.08. The van der Waals surface area contributed by atoms with Gasteiger partial charge in [-0.3, -0.25) is 15.1 Å². The van der Waals surface area contributed by atoms with Gasteiger partial charge in [-0.2, -0.15) is 5.10 Å². The van der Waals surface area contributed by atoms with Gasteiger partial charge in [-0.25, -0.2) is 25.4 Å². The summed E-state index contributed by atoms with van der Waals surface area (Å²) in [4.78, 5) is 35.7. The molecule has 1 saturated heterocycles. The highest BCUT2D eigenvalue weighted by Crippen LogP contribution is 2.36. The maximum absolute atomic E-state index is 11.6. The molecule has 0 spiro atoms. The highest BCUT2D eigenvalue weighted by molar-refractivity contribution is 7.19. The molecule has 6 rings (SSSR count). The van der Waals surface area contributed by atoms with Crippen LogP contribution in [0.3, 0.4) is 0 Å². The predicted molar refractivity (Wildman–Crippen MR) is 144 cm³/mol. The number of amides is 1. The van der Waals surface area contributed by atoms with Crippen molar-refractivity contribution in [1.29, 1.82) is 0 Å². The van der Waals surface area contributed by atoms with Crippen molar-refractivity contribution in [1.82, 2.24) is 35.6 Å². The zero-order chi connectivity index (χ0) is 26.1. The third-order valence-electron chi connectivity index (χ3n) is 6.45. The first kappa shape index (κ1) is 24.2. The number of benzene rings is 1. The summed E-state index contributed by atoms with van der Waals surface area (Å²) in [5, 5.41) is 17.0. The summed E-state index contributed by atoms with van der Waals surface area (Å²) in [5.74, 6) is 1.40. The molecule has 1 amide bonds. The number of carbonyl (C=O) groups is 1. The van der Waals surface area contributed by atoms with E-state index in [-0.39, 0.29) is 5.56 Å². The molecule has 194 valence electrons. The van der Waals surface area contributed by atoms with Crippen molar-refractivity contribution >= 4 is 50.1 Å². The molecule has 0 unspecified atom stereocenters. The number of fused-ring (bicyclic) bond motifs is 2. The second-order valence-electron chi connectivity index (χ2n) is 8.76. The number of hydroxylamine groups is 1. The van der Waals surface area contributed by atoms with Crippen LogP contribution in [0.1, 0.15) is 22.2 Å².